The van der Waals surface area contributed by atoms with Gasteiger partial charge >= 0.3 is 5.97 Å². The van der Waals surface area contributed by atoms with E-state index in [9.17, 15) is 22.8 Å². The molecule has 2 aromatic carbocycles. The lowest BCUT2D eigenvalue weighted by atomic mass is 10.1. The second-order valence-corrected chi connectivity index (χ2v) is 10.6. The van der Waals surface area contributed by atoms with Gasteiger partial charge in [-0.05, 0) is 42.7 Å². The molecule has 3 aromatic rings. The first-order chi connectivity index (χ1) is 17.1. The third-order valence-electron chi connectivity index (χ3n) is 4.86. The van der Waals surface area contributed by atoms with Crippen LogP contribution in [0.4, 0.5) is 10.7 Å². The minimum atomic E-state index is -3.40. The number of anilines is 2. The smallest absolute Gasteiger partial charge is 0.341 e. The summed E-state index contributed by atoms with van der Waals surface area (Å²) in [5.41, 5.74) is 2.34. The standard InChI is InChI=1S/C25H27N3O6S2/c1-3-34-25(31)20-15-21(18-9-5-4-6-10-18)35-24(20)27-23(30)16-26-22(29)13-12-17-8-7-11-19(14-17)28-36(2,32)33/h4-11,14-15,28H,3,12-13,16H2,1-2H3,(H,26,29)(H,27,30). The van der Waals surface area contributed by atoms with Gasteiger partial charge in [-0.3, -0.25) is 14.3 Å². The first-order valence-electron chi connectivity index (χ1n) is 11.1. The molecule has 0 unspecified atom stereocenters. The minimum Gasteiger partial charge on any atom is -0.462 e. The summed E-state index contributed by atoms with van der Waals surface area (Å²) >= 11 is 1.25. The van der Waals surface area contributed by atoms with E-state index in [0.29, 0.717) is 17.1 Å². The van der Waals surface area contributed by atoms with Gasteiger partial charge in [-0.2, -0.15) is 0 Å². The van der Waals surface area contributed by atoms with Crippen LogP contribution < -0.4 is 15.4 Å². The normalized spacial score (nSPS) is 10.9. The molecular formula is C25H27N3O6S2. The Bertz CT molecular complexity index is 1340. The molecule has 0 spiro atoms. The number of ether oxygens (including phenoxy) is 1. The third kappa shape index (κ3) is 8.21. The number of carbonyl (C=O) groups excluding carboxylic acids is 3. The fourth-order valence-electron chi connectivity index (χ4n) is 3.29. The van der Waals surface area contributed by atoms with Crippen molar-refractivity contribution in [3.8, 4) is 10.4 Å². The van der Waals surface area contributed by atoms with E-state index in [2.05, 4.69) is 15.4 Å². The third-order valence-corrected chi connectivity index (χ3v) is 6.56. The van der Waals surface area contributed by atoms with E-state index in [-0.39, 0.29) is 31.0 Å². The summed E-state index contributed by atoms with van der Waals surface area (Å²) in [7, 11) is -3.40. The molecule has 0 aliphatic rings. The highest BCUT2D eigenvalue weighted by molar-refractivity contribution is 7.92. The molecule has 0 aliphatic carbocycles. The highest BCUT2D eigenvalue weighted by Crippen LogP contribution is 2.35. The van der Waals surface area contributed by atoms with Crippen molar-refractivity contribution < 1.29 is 27.5 Å². The van der Waals surface area contributed by atoms with Crippen LogP contribution in [0.2, 0.25) is 0 Å². The monoisotopic (exact) mass is 529 g/mol. The minimum absolute atomic E-state index is 0.112. The average Bonchev–Trinajstić information content (AvgIpc) is 3.25. The van der Waals surface area contributed by atoms with E-state index in [1.807, 2.05) is 30.3 Å². The van der Waals surface area contributed by atoms with Crippen LogP contribution in [-0.2, 0) is 30.8 Å². The molecule has 36 heavy (non-hydrogen) atoms. The zero-order valence-electron chi connectivity index (χ0n) is 19.9. The number of rotatable bonds is 11. The van der Waals surface area contributed by atoms with Crippen molar-refractivity contribution in [3.63, 3.8) is 0 Å². The Morgan fingerprint density at radius 1 is 0.972 bits per heavy atom. The van der Waals surface area contributed by atoms with Crippen molar-refractivity contribution >= 4 is 49.8 Å². The van der Waals surface area contributed by atoms with Gasteiger partial charge < -0.3 is 15.4 Å². The molecule has 0 saturated heterocycles. The van der Waals surface area contributed by atoms with Crippen LogP contribution in [-0.4, -0.2) is 45.6 Å². The Morgan fingerprint density at radius 3 is 2.42 bits per heavy atom. The van der Waals surface area contributed by atoms with Gasteiger partial charge in [-0.15, -0.1) is 11.3 Å². The maximum Gasteiger partial charge on any atom is 0.341 e. The lowest BCUT2D eigenvalue weighted by Gasteiger charge is -2.08. The van der Waals surface area contributed by atoms with Crippen LogP contribution in [0.5, 0.6) is 0 Å². The highest BCUT2D eigenvalue weighted by Gasteiger charge is 2.20. The van der Waals surface area contributed by atoms with E-state index < -0.39 is 21.9 Å². The molecule has 1 heterocycles. The number of thiophene rings is 1. The Morgan fingerprint density at radius 2 is 1.72 bits per heavy atom. The van der Waals surface area contributed by atoms with Gasteiger partial charge in [-0.1, -0.05) is 42.5 Å². The van der Waals surface area contributed by atoms with Crippen LogP contribution in [0.3, 0.4) is 0 Å². The molecule has 0 radical (unpaired) electrons. The van der Waals surface area contributed by atoms with Crippen molar-refractivity contribution in [2.45, 2.75) is 19.8 Å². The summed E-state index contributed by atoms with van der Waals surface area (Å²) in [6, 6.07) is 17.9. The fraction of sp³-hybridized carbons (Fsp3) is 0.240. The number of esters is 1. The van der Waals surface area contributed by atoms with Crippen molar-refractivity contribution in [3.05, 3.63) is 71.8 Å². The molecular weight excluding hydrogens is 502 g/mol. The van der Waals surface area contributed by atoms with Crippen LogP contribution in [0, 0.1) is 0 Å². The molecule has 9 nitrogen and oxygen atoms in total. The molecule has 0 atom stereocenters. The predicted molar refractivity (Wildman–Crippen MR) is 141 cm³/mol. The van der Waals surface area contributed by atoms with Crippen LogP contribution in [0.25, 0.3) is 10.4 Å². The van der Waals surface area contributed by atoms with E-state index in [0.717, 1.165) is 22.3 Å². The predicted octanol–water partition coefficient (Wildman–Crippen LogP) is 3.65. The Hall–Kier alpha value is -3.70. The highest BCUT2D eigenvalue weighted by atomic mass is 32.2. The zero-order chi connectivity index (χ0) is 26.1. The van der Waals surface area contributed by atoms with Gasteiger partial charge in [0.25, 0.3) is 0 Å². The van der Waals surface area contributed by atoms with Crippen molar-refractivity contribution in [2.75, 3.05) is 29.4 Å². The van der Waals surface area contributed by atoms with Gasteiger partial charge in [0.15, 0.2) is 0 Å². The summed E-state index contributed by atoms with van der Waals surface area (Å²) in [5, 5.41) is 5.61. The number of nitrogens with one attached hydrogen (secondary N) is 3. The van der Waals surface area contributed by atoms with Crippen LogP contribution >= 0.6 is 11.3 Å². The topological polar surface area (TPSA) is 131 Å². The van der Waals surface area contributed by atoms with Gasteiger partial charge in [-0.25, -0.2) is 13.2 Å². The van der Waals surface area contributed by atoms with Crippen molar-refractivity contribution in [2.24, 2.45) is 0 Å². The van der Waals surface area contributed by atoms with Crippen molar-refractivity contribution in [1.82, 2.24) is 5.32 Å². The molecule has 0 fully saturated rings. The summed E-state index contributed by atoms with van der Waals surface area (Å²) in [4.78, 5) is 38.0. The van der Waals surface area contributed by atoms with E-state index in [1.54, 1.807) is 37.3 Å². The summed E-state index contributed by atoms with van der Waals surface area (Å²) in [6.07, 6.45) is 1.54. The number of hydrogen-bond acceptors (Lipinski definition) is 7. The van der Waals surface area contributed by atoms with Gasteiger partial charge in [0.05, 0.1) is 25.0 Å². The Balaban J connectivity index is 1.57. The molecule has 190 valence electrons. The van der Waals surface area contributed by atoms with Crippen molar-refractivity contribution in [1.29, 1.82) is 0 Å². The first-order valence-corrected chi connectivity index (χ1v) is 13.8. The second kappa shape index (κ2) is 12.3. The summed E-state index contributed by atoms with van der Waals surface area (Å²) < 4.78 is 30.3. The molecule has 0 bridgehead atoms. The SMILES string of the molecule is CCOC(=O)c1cc(-c2ccccc2)sc1NC(=O)CNC(=O)CCc1cccc(NS(C)(=O)=O)c1. The maximum absolute atomic E-state index is 12.5. The van der Waals surface area contributed by atoms with Gasteiger partial charge in [0, 0.05) is 17.0 Å². The molecule has 3 rings (SSSR count). The number of sulfonamides is 1. The number of carbonyl (C=O) groups is 3. The van der Waals surface area contributed by atoms with E-state index >= 15 is 0 Å². The Kier molecular flexibility index (Phi) is 9.20. The second-order valence-electron chi connectivity index (χ2n) is 7.84. The molecule has 2 amide bonds. The van der Waals surface area contributed by atoms with Gasteiger partial charge in [0.2, 0.25) is 21.8 Å². The maximum atomic E-state index is 12.5. The zero-order valence-corrected chi connectivity index (χ0v) is 21.5. The summed E-state index contributed by atoms with van der Waals surface area (Å²) in [6.45, 7) is 1.63. The van der Waals surface area contributed by atoms with Crippen LogP contribution in [0.1, 0.15) is 29.3 Å². The Labute approximate surface area is 213 Å². The van der Waals surface area contributed by atoms with Crippen LogP contribution in [0.15, 0.2) is 60.7 Å². The number of amides is 2. The van der Waals surface area contributed by atoms with E-state index in [4.69, 9.17) is 4.74 Å². The fourth-order valence-corrected chi connectivity index (χ4v) is 4.91. The summed E-state index contributed by atoms with van der Waals surface area (Å²) in [5.74, 6) is -1.36. The number of aryl methyl sites for hydroxylation is 1. The average molecular weight is 530 g/mol. The molecule has 11 heteroatoms. The molecule has 1 aromatic heterocycles. The van der Waals surface area contributed by atoms with E-state index in [1.165, 1.54) is 11.3 Å². The van der Waals surface area contributed by atoms with Gasteiger partial charge in [0.1, 0.15) is 5.00 Å². The quantitative estimate of drug-likeness (QED) is 0.325. The molecule has 0 aliphatic heterocycles. The number of benzene rings is 2. The molecule has 0 saturated carbocycles. The molecule has 3 N–H and O–H groups in total. The first kappa shape index (κ1) is 26.9. The lowest BCUT2D eigenvalue weighted by molar-refractivity contribution is -0.124. The largest absolute Gasteiger partial charge is 0.462 e. The lowest BCUT2D eigenvalue weighted by Crippen LogP contribution is -2.33. The number of hydrogen-bond donors (Lipinski definition) is 3.